The Kier molecular flexibility index (Phi) is 5.63. The van der Waals surface area contributed by atoms with Crippen molar-refractivity contribution in [1.82, 2.24) is 4.90 Å². The summed E-state index contributed by atoms with van der Waals surface area (Å²) in [6, 6.07) is 4.68. The number of nitrogens with zero attached hydrogens (tertiary/aromatic N) is 1. The molecule has 0 aliphatic heterocycles. The van der Waals surface area contributed by atoms with E-state index >= 15 is 0 Å². The van der Waals surface area contributed by atoms with E-state index in [1.54, 1.807) is 7.11 Å². The van der Waals surface area contributed by atoms with E-state index in [1.165, 1.54) is 16.7 Å². The molecule has 0 saturated heterocycles. The van der Waals surface area contributed by atoms with Crippen LogP contribution in [0, 0.1) is 13.8 Å². The van der Waals surface area contributed by atoms with Gasteiger partial charge >= 0.3 is 0 Å². The van der Waals surface area contributed by atoms with Crippen molar-refractivity contribution >= 4 is 0 Å². The van der Waals surface area contributed by atoms with Crippen LogP contribution in [-0.4, -0.2) is 31.6 Å². The Labute approximate surface area is 111 Å². The fraction of sp³-hybridized carbons (Fsp3) is 0.600. The summed E-state index contributed by atoms with van der Waals surface area (Å²) in [4.78, 5) is 2.31. The highest BCUT2D eigenvalue weighted by molar-refractivity contribution is 5.43. The van der Waals surface area contributed by atoms with Crippen molar-refractivity contribution in [3.63, 3.8) is 0 Å². The summed E-state index contributed by atoms with van der Waals surface area (Å²) in [6.07, 6.45) is 1.03. The molecule has 1 aromatic rings. The third-order valence-corrected chi connectivity index (χ3v) is 3.14. The van der Waals surface area contributed by atoms with Crippen LogP contribution in [0.5, 0.6) is 5.75 Å². The Hall–Kier alpha value is -1.06. The molecule has 3 heteroatoms. The van der Waals surface area contributed by atoms with E-state index in [-0.39, 0.29) is 6.04 Å². The molecule has 1 rings (SSSR count). The van der Waals surface area contributed by atoms with Gasteiger partial charge in [-0.2, -0.15) is 0 Å². The average Bonchev–Trinajstić information content (AvgIpc) is 2.26. The maximum absolute atomic E-state index is 5.78. The van der Waals surface area contributed by atoms with Crippen LogP contribution < -0.4 is 10.5 Å². The first kappa shape index (κ1) is 15.0. The number of hydrogen-bond donors (Lipinski definition) is 1. The monoisotopic (exact) mass is 250 g/mol. The molecular weight excluding hydrogens is 224 g/mol. The zero-order chi connectivity index (χ0) is 13.7. The van der Waals surface area contributed by atoms with Crippen molar-refractivity contribution in [2.75, 3.05) is 20.7 Å². The first-order valence-electron chi connectivity index (χ1n) is 6.52. The molecule has 0 fully saturated rings. The van der Waals surface area contributed by atoms with Crippen LogP contribution in [0.3, 0.4) is 0 Å². The molecule has 0 heterocycles. The van der Waals surface area contributed by atoms with Gasteiger partial charge in [-0.25, -0.2) is 0 Å². The number of rotatable bonds is 6. The molecule has 0 spiro atoms. The predicted molar refractivity (Wildman–Crippen MR) is 77.1 cm³/mol. The lowest BCUT2D eigenvalue weighted by molar-refractivity contribution is 0.313. The minimum Gasteiger partial charge on any atom is -0.496 e. The molecule has 0 aromatic heterocycles. The van der Waals surface area contributed by atoms with E-state index in [4.69, 9.17) is 10.5 Å². The molecule has 102 valence electrons. The summed E-state index contributed by atoms with van der Waals surface area (Å²) in [5.74, 6) is 0.997. The second-order valence-electron chi connectivity index (χ2n) is 5.27. The van der Waals surface area contributed by atoms with Gasteiger partial charge in [0.1, 0.15) is 5.75 Å². The first-order valence-corrected chi connectivity index (χ1v) is 6.52. The van der Waals surface area contributed by atoms with E-state index in [9.17, 15) is 0 Å². The number of methoxy groups -OCH3 is 1. The van der Waals surface area contributed by atoms with Crippen LogP contribution in [0.2, 0.25) is 0 Å². The van der Waals surface area contributed by atoms with Gasteiger partial charge in [0.15, 0.2) is 0 Å². The number of nitrogens with two attached hydrogens (primary N) is 1. The topological polar surface area (TPSA) is 38.5 Å². The summed E-state index contributed by atoms with van der Waals surface area (Å²) in [7, 11) is 3.86. The van der Waals surface area contributed by atoms with Gasteiger partial charge in [0.05, 0.1) is 7.11 Å². The van der Waals surface area contributed by atoms with E-state index in [1.807, 2.05) is 0 Å². The standard InChI is InChI=1S/C15H26N2O/c1-11-8-14(9-12(2)15(11)18-5)10-17(4)7-6-13(3)16/h8-9,13H,6-7,10,16H2,1-5H3. The average molecular weight is 250 g/mol. The predicted octanol–water partition coefficient (Wildman–Crippen LogP) is 2.48. The molecular formula is C15H26N2O. The Morgan fingerprint density at radius 1 is 1.28 bits per heavy atom. The van der Waals surface area contributed by atoms with Crippen molar-refractivity contribution < 1.29 is 4.74 Å². The molecule has 18 heavy (non-hydrogen) atoms. The fourth-order valence-electron chi connectivity index (χ4n) is 2.27. The SMILES string of the molecule is COc1c(C)cc(CN(C)CCC(C)N)cc1C. The second-order valence-corrected chi connectivity index (χ2v) is 5.27. The summed E-state index contributed by atoms with van der Waals surface area (Å²) < 4.78 is 5.38. The van der Waals surface area contributed by atoms with Gasteiger partial charge in [-0.15, -0.1) is 0 Å². The van der Waals surface area contributed by atoms with Crippen molar-refractivity contribution in [2.24, 2.45) is 5.73 Å². The van der Waals surface area contributed by atoms with E-state index in [2.05, 4.69) is 44.9 Å². The van der Waals surface area contributed by atoms with Crippen LogP contribution >= 0.6 is 0 Å². The van der Waals surface area contributed by atoms with Crippen molar-refractivity contribution in [1.29, 1.82) is 0 Å². The van der Waals surface area contributed by atoms with E-state index in [0.29, 0.717) is 0 Å². The van der Waals surface area contributed by atoms with Crippen molar-refractivity contribution in [3.05, 3.63) is 28.8 Å². The molecule has 1 unspecified atom stereocenters. The lowest BCUT2D eigenvalue weighted by atomic mass is 10.1. The van der Waals surface area contributed by atoms with Gasteiger partial charge in [-0.05, 0) is 57.5 Å². The molecule has 2 N–H and O–H groups in total. The van der Waals surface area contributed by atoms with Gasteiger partial charge < -0.3 is 15.4 Å². The Balaban J connectivity index is 2.68. The van der Waals surface area contributed by atoms with Crippen molar-refractivity contribution in [3.8, 4) is 5.75 Å². The van der Waals surface area contributed by atoms with Crippen LogP contribution in [0.1, 0.15) is 30.0 Å². The van der Waals surface area contributed by atoms with E-state index in [0.717, 1.165) is 25.3 Å². The van der Waals surface area contributed by atoms with Gasteiger partial charge in [0.2, 0.25) is 0 Å². The third-order valence-electron chi connectivity index (χ3n) is 3.14. The molecule has 0 saturated carbocycles. The molecule has 1 atom stereocenters. The van der Waals surface area contributed by atoms with Crippen LogP contribution in [-0.2, 0) is 6.54 Å². The third kappa shape index (κ3) is 4.31. The molecule has 0 amide bonds. The highest BCUT2D eigenvalue weighted by Gasteiger charge is 2.07. The largest absolute Gasteiger partial charge is 0.496 e. The highest BCUT2D eigenvalue weighted by Crippen LogP contribution is 2.24. The van der Waals surface area contributed by atoms with Gasteiger partial charge in [-0.3, -0.25) is 0 Å². The molecule has 0 radical (unpaired) electrons. The molecule has 0 bridgehead atoms. The quantitative estimate of drug-likeness (QED) is 0.843. The van der Waals surface area contributed by atoms with Gasteiger partial charge in [0, 0.05) is 12.6 Å². The fourth-order valence-corrected chi connectivity index (χ4v) is 2.27. The maximum Gasteiger partial charge on any atom is 0.124 e. The molecule has 0 aliphatic rings. The van der Waals surface area contributed by atoms with Crippen molar-refractivity contribution in [2.45, 2.75) is 39.8 Å². The summed E-state index contributed by atoms with van der Waals surface area (Å²) in [6.45, 7) is 8.23. The Bertz CT molecular complexity index is 365. The maximum atomic E-state index is 5.78. The lowest BCUT2D eigenvalue weighted by Crippen LogP contribution is -2.25. The summed E-state index contributed by atoms with van der Waals surface area (Å²) in [5, 5.41) is 0. The number of ether oxygens (including phenoxy) is 1. The Morgan fingerprint density at radius 3 is 2.28 bits per heavy atom. The minimum atomic E-state index is 0.270. The molecule has 0 aliphatic carbocycles. The first-order chi connectivity index (χ1) is 8.43. The minimum absolute atomic E-state index is 0.270. The van der Waals surface area contributed by atoms with Gasteiger partial charge in [-0.1, -0.05) is 12.1 Å². The molecule has 1 aromatic carbocycles. The summed E-state index contributed by atoms with van der Waals surface area (Å²) in [5.41, 5.74) is 9.51. The Morgan fingerprint density at radius 2 is 1.83 bits per heavy atom. The zero-order valence-corrected chi connectivity index (χ0v) is 12.3. The second kappa shape index (κ2) is 6.76. The number of aryl methyl sites for hydroxylation is 2. The number of benzene rings is 1. The van der Waals surface area contributed by atoms with Crippen LogP contribution in [0.15, 0.2) is 12.1 Å². The zero-order valence-electron chi connectivity index (χ0n) is 12.3. The highest BCUT2D eigenvalue weighted by atomic mass is 16.5. The number of hydrogen-bond acceptors (Lipinski definition) is 3. The van der Waals surface area contributed by atoms with Crippen LogP contribution in [0.25, 0.3) is 0 Å². The van der Waals surface area contributed by atoms with Gasteiger partial charge in [0.25, 0.3) is 0 Å². The smallest absolute Gasteiger partial charge is 0.124 e. The normalized spacial score (nSPS) is 12.8. The molecule has 3 nitrogen and oxygen atoms in total. The lowest BCUT2D eigenvalue weighted by Gasteiger charge is -2.19. The summed E-state index contributed by atoms with van der Waals surface area (Å²) >= 11 is 0. The van der Waals surface area contributed by atoms with Crippen LogP contribution in [0.4, 0.5) is 0 Å². The van der Waals surface area contributed by atoms with E-state index < -0.39 is 0 Å².